The molecule has 0 aromatic heterocycles. The van der Waals surface area contributed by atoms with Gasteiger partial charge in [0.1, 0.15) is 18.4 Å². The minimum absolute atomic E-state index is 0.145. The lowest BCUT2D eigenvalue weighted by molar-refractivity contribution is -0.152. The molecule has 0 aliphatic carbocycles. The van der Waals surface area contributed by atoms with Gasteiger partial charge < -0.3 is 19.3 Å². The Morgan fingerprint density at radius 2 is 2.00 bits per heavy atom. The third-order valence-electron chi connectivity index (χ3n) is 4.00. The van der Waals surface area contributed by atoms with Crippen LogP contribution in [0.5, 0.6) is 17.2 Å². The lowest BCUT2D eigenvalue weighted by atomic mass is 9.86. The molecule has 6 nitrogen and oxygen atoms in total. The van der Waals surface area contributed by atoms with E-state index in [0.29, 0.717) is 23.5 Å². The molecule has 1 fully saturated rings. The molecule has 0 radical (unpaired) electrons. The number of nitrogens with one attached hydrogen (secondary N) is 1. The van der Waals surface area contributed by atoms with Gasteiger partial charge in [0.05, 0.1) is 6.04 Å². The number of carbonyl (C=O) groups excluding carboxylic acids is 1. The number of esters is 1. The quantitative estimate of drug-likeness (QED) is 0.665. The van der Waals surface area contributed by atoms with Crippen molar-refractivity contribution in [3.8, 4) is 17.2 Å². The molecule has 0 saturated carbocycles. The number of aromatic hydroxyl groups is 1. The van der Waals surface area contributed by atoms with E-state index in [1.807, 2.05) is 0 Å². The van der Waals surface area contributed by atoms with E-state index in [4.69, 9.17) is 14.2 Å². The lowest BCUT2D eigenvalue weighted by Crippen LogP contribution is -2.51. The Morgan fingerprint density at radius 3 is 2.84 bits per heavy atom. The summed E-state index contributed by atoms with van der Waals surface area (Å²) >= 11 is 0. The summed E-state index contributed by atoms with van der Waals surface area (Å²) in [5, 5.41) is 13.5. The summed E-state index contributed by atoms with van der Waals surface area (Å²) in [7, 11) is 0. The maximum Gasteiger partial charge on any atom is 0.323 e. The second-order valence-corrected chi connectivity index (χ2v) is 5.04. The Balaban J connectivity index is 1.96. The van der Waals surface area contributed by atoms with Gasteiger partial charge in [-0.15, -0.1) is 0 Å². The van der Waals surface area contributed by atoms with Crippen LogP contribution in [0.1, 0.15) is 22.7 Å². The molecule has 0 unspecified atom stereocenters. The van der Waals surface area contributed by atoms with E-state index in [-0.39, 0.29) is 31.2 Å². The highest BCUT2D eigenvalue weighted by atomic mass is 16.7. The number of phenols is 1. The first kappa shape index (κ1) is 10.9. The van der Waals surface area contributed by atoms with E-state index in [9.17, 15) is 9.90 Å². The summed E-state index contributed by atoms with van der Waals surface area (Å²) in [5.74, 6) is 1.19. The zero-order valence-corrected chi connectivity index (χ0v) is 10.4. The Morgan fingerprint density at radius 1 is 1.21 bits per heavy atom. The van der Waals surface area contributed by atoms with Gasteiger partial charge in [0, 0.05) is 23.1 Å². The molecule has 6 heteroatoms. The first-order valence-corrected chi connectivity index (χ1v) is 6.23. The van der Waals surface area contributed by atoms with Crippen molar-refractivity contribution in [2.24, 2.45) is 0 Å². The number of fused-ring (bicyclic) bond motifs is 6. The van der Waals surface area contributed by atoms with Crippen LogP contribution in [0.25, 0.3) is 0 Å². The van der Waals surface area contributed by atoms with Crippen LogP contribution in [0.15, 0.2) is 0 Å². The van der Waals surface area contributed by atoms with Crippen LogP contribution >= 0.6 is 0 Å². The number of morpholine rings is 1. The Hall–Kier alpha value is -1.95. The fraction of sp³-hybridized carbons (Fsp3) is 0.462. The van der Waals surface area contributed by atoms with Crippen LogP contribution in [0.4, 0.5) is 0 Å². The van der Waals surface area contributed by atoms with Crippen LogP contribution in [0, 0.1) is 6.92 Å². The monoisotopic (exact) mass is 263 g/mol. The van der Waals surface area contributed by atoms with Gasteiger partial charge in [0.15, 0.2) is 11.5 Å². The van der Waals surface area contributed by atoms with E-state index >= 15 is 0 Å². The van der Waals surface area contributed by atoms with E-state index in [2.05, 4.69) is 5.32 Å². The zero-order chi connectivity index (χ0) is 13.1. The highest BCUT2D eigenvalue weighted by molar-refractivity contribution is 5.79. The van der Waals surface area contributed by atoms with Crippen LogP contribution in [0.2, 0.25) is 0 Å². The third-order valence-corrected chi connectivity index (χ3v) is 4.00. The number of hydrogen-bond donors (Lipinski definition) is 2. The summed E-state index contributed by atoms with van der Waals surface area (Å²) in [4.78, 5) is 11.6. The van der Waals surface area contributed by atoms with Crippen LogP contribution in [-0.2, 0) is 16.0 Å². The number of benzene rings is 1. The number of ether oxygens (including phenoxy) is 3. The van der Waals surface area contributed by atoms with Crippen molar-refractivity contribution in [3.63, 3.8) is 0 Å². The SMILES string of the molecule is Cc1c(O)c2c(c3c1OCO3)[C@H]1COC(=O)[C@@H](C2)N1. The van der Waals surface area contributed by atoms with Crippen molar-refractivity contribution < 1.29 is 24.1 Å². The molecule has 2 atom stereocenters. The van der Waals surface area contributed by atoms with Crippen molar-refractivity contribution in [1.82, 2.24) is 5.32 Å². The number of carbonyl (C=O) groups is 1. The van der Waals surface area contributed by atoms with Crippen molar-refractivity contribution in [2.75, 3.05) is 13.4 Å². The van der Waals surface area contributed by atoms with Crippen molar-refractivity contribution >= 4 is 5.97 Å². The molecule has 19 heavy (non-hydrogen) atoms. The summed E-state index contributed by atoms with van der Waals surface area (Å²) in [6, 6.07) is -0.537. The van der Waals surface area contributed by atoms with Gasteiger partial charge in [-0.25, -0.2) is 0 Å². The molecule has 2 N–H and O–H groups in total. The molecule has 1 aromatic carbocycles. The van der Waals surface area contributed by atoms with Gasteiger partial charge in [-0.05, 0) is 6.92 Å². The topological polar surface area (TPSA) is 77.0 Å². The van der Waals surface area contributed by atoms with Gasteiger partial charge in [-0.2, -0.15) is 0 Å². The largest absolute Gasteiger partial charge is 0.507 e. The smallest absolute Gasteiger partial charge is 0.323 e. The normalized spacial score (nSPS) is 26.9. The fourth-order valence-electron chi connectivity index (χ4n) is 3.07. The van der Waals surface area contributed by atoms with Crippen LogP contribution in [0.3, 0.4) is 0 Å². The summed E-state index contributed by atoms with van der Waals surface area (Å²) in [6.07, 6.45) is 0.411. The molecule has 4 rings (SSSR count). The number of hydrogen-bond acceptors (Lipinski definition) is 6. The van der Waals surface area contributed by atoms with Crippen molar-refractivity contribution in [1.29, 1.82) is 0 Å². The number of rotatable bonds is 0. The first-order valence-electron chi connectivity index (χ1n) is 6.23. The van der Waals surface area contributed by atoms with E-state index in [1.165, 1.54) is 0 Å². The average Bonchev–Trinajstić information content (AvgIpc) is 2.89. The highest BCUT2D eigenvalue weighted by Gasteiger charge is 2.42. The van der Waals surface area contributed by atoms with Crippen molar-refractivity contribution in [3.05, 3.63) is 16.7 Å². The Labute approximate surface area is 109 Å². The van der Waals surface area contributed by atoms with Gasteiger partial charge in [-0.3, -0.25) is 10.1 Å². The third kappa shape index (κ3) is 1.32. The molecule has 100 valence electrons. The Bertz CT molecular complexity index is 597. The lowest BCUT2D eigenvalue weighted by Gasteiger charge is -2.37. The van der Waals surface area contributed by atoms with E-state index in [0.717, 1.165) is 11.1 Å². The minimum atomic E-state index is -0.392. The maximum atomic E-state index is 11.6. The molecule has 1 aromatic rings. The maximum absolute atomic E-state index is 11.6. The van der Waals surface area contributed by atoms with Crippen molar-refractivity contribution in [2.45, 2.75) is 25.4 Å². The molecule has 3 heterocycles. The summed E-state index contributed by atoms with van der Waals surface area (Å²) in [6.45, 7) is 2.20. The summed E-state index contributed by atoms with van der Waals surface area (Å²) < 4.78 is 16.1. The molecule has 2 bridgehead atoms. The van der Waals surface area contributed by atoms with Gasteiger partial charge in [0.2, 0.25) is 6.79 Å². The molecule has 3 aliphatic heterocycles. The van der Waals surface area contributed by atoms with Gasteiger partial charge >= 0.3 is 5.97 Å². The van der Waals surface area contributed by atoms with Crippen LogP contribution in [-0.4, -0.2) is 30.5 Å². The molecule has 1 saturated heterocycles. The molecule has 0 amide bonds. The highest BCUT2D eigenvalue weighted by Crippen LogP contribution is 2.50. The number of phenolic OH excluding ortho intramolecular Hbond substituents is 1. The zero-order valence-electron chi connectivity index (χ0n) is 10.4. The minimum Gasteiger partial charge on any atom is -0.507 e. The molecular weight excluding hydrogens is 250 g/mol. The van der Waals surface area contributed by atoms with Gasteiger partial charge in [0.25, 0.3) is 0 Å². The van der Waals surface area contributed by atoms with E-state index in [1.54, 1.807) is 6.92 Å². The van der Waals surface area contributed by atoms with E-state index < -0.39 is 6.04 Å². The predicted molar refractivity (Wildman–Crippen MR) is 63.3 cm³/mol. The predicted octanol–water partition coefficient (Wildman–Crippen LogP) is 0.542. The average molecular weight is 263 g/mol. The fourth-order valence-corrected chi connectivity index (χ4v) is 3.07. The second kappa shape index (κ2) is 3.54. The standard InChI is InChI=1S/C13H13NO5/c1-5-10(15)6-2-7-13(16)17-3-8(14-7)9(6)12-11(5)18-4-19-12/h7-8,14-15H,2-4H2,1H3/t7-,8-/m1/s1. The second-order valence-electron chi connectivity index (χ2n) is 5.04. The molecule has 3 aliphatic rings. The number of cyclic esters (lactones) is 1. The Kier molecular flexibility index (Phi) is 2.04. The summed E-state index contributed by atoms with van der Waals surface area (Å²) in [5.41, 5.74) is 2.30. The molecule has 0 spiro atoms. The first-order chi connectivity index (χ1) is 9.16. The van der Waals surface area contributed by atoms with Gasteiger partial charge in [-0.1, -0.05) is 0 Å². The van der Waals surface area contributed by atoms with Crippen LogP contribution < -0.4 is 14.8 Å². The molecular formula is C13H13NO5.